The van der Waals surface area contributed by atoms with E-state index in [-0.39, 0.29) is 17.7 Å². The van der Waals surface area contributed by atoms with E-state index in [4.69, 9.17) is 17.3 Å². The Morgan fingerprint density at radius 3 is 2.75 bits per heavy atom. The molecule has 1 unspecified atom stereocenters. The maximum Gasteiger partial charge on any atom is 0.219 e. The van der Waals surface area contributed by atoms with E-state index in [2.05, 4.69) is 20.9 Å². The first-order valence-corrected chi connectivity index (χ1v) is 7.56. The van der Waals surface area contributed by atoms with Crippen molar-refractivity contribution < 1.29 is 4.79 Å². The molecular weight excluding hydrogens is 342 g/mol. The molecule has 2 aromatic rings. The third-order valence-corrected chi connectivity index (χ3v) is 3.90. The maximum atomic E-state index is 11.3. The molecule has 0 fully saturated rings. The van der Waals surface area contributed by atoms with Crippen molar-refractivity contribution in [2.45, 2.75) is 38.1 Å². The minimum Gasteiger partial charge on any atom is -0.370 e. The lowest BCUT2D eigenvalue weighted by Crippen LogP contribution is -2.33. The van der Waals surface area contributed by atoms with Gasteiger partial charge in [0.2, 0.25) is 5.91 Å². The molecule has 0 radical (unpaired) electrons. The second kappa shape index (κ2) is 5.37. The van der Waals surface area contributed by atoms with Gasteiger partial charge in [0.25, 0.3) is 0 Å². The van der Waals surface area contributed by atoms with Gasteiger partial charge in [0, 0.05) is 16.4 Å². The number of benzene rings is 1. The molecule has 20 heavy (non-hydrogen) atoms. The zero-order chi connectivity index (χ0) is 15.1. The Morgan fingerprint density at radius 2 is 2.20 bits per heavy atom. The third-order valence-electron chi connectivity index (χ3n) is 3.21. The Kier molecular flexibility index (Phi) is 4.12. The molecule has 6 heteroatoms. The smallest absolute Gasteiger partial charge is 0.219 e. The van der Waals surface area contributed by atoms with Crippen molar-refractivity contribution in [3.05, 3.63) is 28.5 Å². The standard InChI is InChI=1S/C14H17BrClN3O/c1-8(16)13-18-10-5-4-9(15)6-11(10)19(13)14(2,3)7-12(17)20/h4-6,8H,7H2,1-3H3,(H2,17,20). The van der Waals surface area contributed by atoms with Gasteiger partial charge in [-0.25, -0.2) is 4.98 Å². The summed E-state index contributed by atoms with van der Waals surface area (Å²) in [6.45, 7) is 5.79. The first kappa shape index (κ1) is 15.3. The molecule has 1 aromatic carbocycles. The van der Waals surface area contributed by atoms with Crippen LogP contribution < -0.4 is 5.73 Å². The van der Waals surface area contributed by atoms with Gasteiger partial charge in [0.05, 0.1) is 16.4 Å². The fraction of sp³-hybridized carbons (Fsp3) is 0.429. The van der Waals surface area contributed by atoms with E-state index in [1.807, 2.05) is 43.5 Å². The van der Waals surface area contributed by atoms with Crippen LogP contribution in [0.5, 0.6) is 0 Å². The number of rotatable bonds is 4. The van der Waals surface area contributed by atoms with E-state index in [0.29, 0.717) is 0 Å². The van der Waals surface area contributed by atoms with Gasteiger partial charge in [-0.3, -0.25) is 4.79 Å². The summed E-state index contributed by atoms with van der Waals surface area (Å²) in [5.74, 6) is 0.394. The molecule has 0 bridgehead atoms. The molecular formula is C14H17BrClN3O. The second-order valence-electron chi connectivity index (χ2n) is 5.51. The second-order valence-corrected chi connectivity index (χ2v) is 7.08. The number of imidazole rings is 1. The molecule has 2 N–H and O–H groups in total. The molecule has 1 heterocycles. The number of amides is 1. The quantitative estimate of drug-likeness (QED) is 0.847. The van der Waals surface area contributed by atoms with Crippen LogP contribution in [0.3, 0.4) is 0 Å². The van der Waals surface area contributed by atoms with Gasteiger partial charge in [0.15, 0.2) is 0 Å². The van der Waals surface area contributed by atoms with Crippen molar-refractivity contribution in [2.75, 3.05) is 0 Å². The largest absolute Gasteiger partial charge is 0.370 e. The summed E-state index contributed by atoms with van der Waals surface area (Å²) in [6, 6.07) is 5.84. The van der Waals surface area contributed by atoms with E-state index in [1.54, 1.807) is 0 Å². The summed E-state index contributed by atoms with van der Waals surface area (Å²) >= 11 is 9.72. The highest BCUT2D eigenvalue weighted by Crippen LogP contribution is 2.33. The van der Waals surface area contributed by atoms with Crippen LogP contribution in [-0.4, -0.2) is 15.5 Å². The van der Waals surface area contributed by atoms with Gasteiger partial charge in [-0.05, 0) is 39.0 Å². The zero-order valence-electron chi connectivity index (χ0n) is 11.7. The third kappa shape index (κ3) is 2.83. The van der Waals surface area contributed by atoms with Crippen molar-refractivity contribution in [3.63, 3.8) is 0 Å². The Bertz CT molecular complexity index is 664. The molecule has 108 valence electrons. The highest BCUT2D eigenvalue weighted by atomic mass is 79.9. The number of nitrogens with zero attached hydrogens (tertiary/aromatic N) is 2. The molecule has 0 saturated carbocycles. The number of primary amides is 1. The molecule has 0 saturated heterocycles. The average Bonchev–Trinajstić information content (AvgIpc) is 2.66. The van der Waals surface area contributed by atoms with Gasteiger partial charge >= 0.3 is 0 Å². The van der Waals surface area contributed by atoms with E-state index in [0.717, 1.165) is 21.3 Å². The van der Waals surface area contributed by atoms with E-state index >= 15 is 0 Å². The number of hydrogen-bond acceptors (Lipinski definition) is 2. The van der Waals surface area contributed by atoms with Crippen LogP contribution >= 0.6 is 27.5 Å². The molecule has 0 aliphatic rings. The van der Waals surface area contributed by atoms with Crippen LogP contribution in [0.25, 0.3) is 11.0 Å². The summed E-state index contributed by atoms with van der Waals surface area (Å²) in [4.78, 5) is 15.9. The van der Waals surface area contributed by atoms with Crippen molar-refractivity contribution in [2.24, 2.45) is 5.73 Å². The summed E-state index contributed by atoms with van der Waals surface area (Å²) < 4.78 is 2.96. The topological polar surface area (TPSA) is 60.9 Å². The van der Waals surface area contributed by atoms with Crippen LogP contribution in [-0.2, 0) is 10.3 Å². The van der Waals surface area contributed by atoms with Gasteiger partial charge in [-0.1, -0.05) is 15.9 Å². The van der Waals surface area contributed by atoms with E-state index in [1.165, 1.54) is 0 Å². The number of fused-ring (bicyclic) bond motifs is 1. The molecule has 2 rings (SSSR count). The summed E-state index contributed by atoms with van der Waals surface area (Å²) in [7, 11) is 0. The minimum absolute atomic E-state index is 0.224. The SMILES string of the molecule is CC(Cl)c1nc2ccc(Br)cc2n1C(C)(C)CC(N)=O. The van der Waals surface area contributed by atoms with Crippen LogP contribution in [0.4, 0.5) is 0 Å². The Morgan fingerprint density at radius 1 is 1.55 bits per heavy atom. The number of hydrogen-bond donors (Lipinski definition) is 1. The summed E-state index contributed by atoms with van der Waals surface area (Å²) in [5.41, 5.74) is 6.68. The van der Waals surface area contributed by atoms with Gasteiger partial charge in [-0.15, -0.1) is 11.6 Å². The van der Waals surface area contributed by atoms with Gasteiger partial charge in [-0.2, -0.15) is 0 Å². The van der Waals surface area contributed by atoms with Gasteiger partial charge < -0.3 is 10.3 Å². The number of carbonyl (C=O) groups excluding carboxylic acids is 1. The zero-order valence-corrected chi connectivity index (χ0v) is 14.0. The van der Waals surface area contributed by atoms with E-state index in [9.17, 15) is 4.79 Å². The van der Waals surface area contributed by atoms with Crippen molar-refractivity contribution in [3.8, 4) is 0 Å². The van der Waals surface area contributed by atoms with Crippen LogP contribution in [0.1, 0.15) is 38.4 Å². The van der Waals surface area contributed by atoms with Crippen LogP contribution in [0.2, 0.25) is 0 Å². The molecule has 0 spiro atoms. The fourth-order valence-electron chi connectivity index (χ4n) is 2.48. The normalized spacial score (nSPS) is 13.7. The summed E-state index contributed by atoms with van der Waals surface area (Å²) in [6.07, 6.45) is 0.224. The Balaban J connectivity index is 2.73. The van der Waals surface area contributed by atoms with Gasteiger partial charge in [0.1, 0.15) is 5.82 Å². The lowest BCUT2D eigenvalue weighted by Gasteiger charge is -2.29. The summed E-state index contributed by atoms with van der Waals surface area (Å²) in [5, 5.41) is -0.256. The molecule has 1 atom stereocenters. The first-order valence-electron chi connectivity index (χ1n) is 6.33. The molecule has 1 amide bonds. The first-order chi connectivity index (χ1) is 9.22. The number of carbonyl (C=O) groups is 1. The van der Waals surface area contributed by atoms with Crippen LogP contribution in [0, 0.1) is 0 Å². The van der Waals surface area contributed by atoms with Crippen LogP contribution in [0.15, 0.2) is 22.7 Å². The molecule has 4 nitrogen and oxygen atoms in total. The van der Waals surface area contributed by atoms with Crippen molar-refractivity contribution in [1.82, 2.24) is 9.55 Å². The Labute approximate surface area is 131 Å². The molecule has 0 aliphatic carbocycles. The number of nitrogens with two attached hydrogens (primary N) is 1. The molecule has 0 aliphatic heterocycles. The van der Waals surface area contributed by atoms with E-state index < -0.39 is 5.54 Å². The average molecular weight is 359 g/mol. The fourth-order valence-corrected chi connectivity index (χ4v) is 2.97. The Hall–Kier alpha value is -1.07. The van der Waals surface area contributed by atoms with Crippen molar-refractivity contribution in [1.29, 1.82) is 0 Å². The number of aromatic nitrogens is 2. The van der Waals surface area contributed by atoms with Crippen molar-refractivity contribution >= 4 is 44.5 Å². The monoisotopic (exact) mass is 357 g/mol. The predicted octanol–water partition coefficient (Wildman–Crippen LogP) is 3.71. The molecule has 1 aromatic heterocycles. The predicted molar refractivity (Wildman–Crippen MR) is 84.8 cm³/mol. The number of alkyl halides is 1. The minimum atomic E-state index is -0.486. The highest BCUT2D eigenvalue weighted by Gasteiger charge is 2.29. The highest BCUT2D eigenvalue weighted by molar-refractivity contribution is 9.10. The lowest BCUT2D eigenvalue weighted by molar-refractivity contribution is -0.119. The lowest BCUT2D eigenvalue weighted by atomic mass is 9.99. The maximum absolute atomic E-state index is 11.3. The number of halogens is 2.